The van der Waals surface area contributed by atoms with Crippen LogP contribution >= 0.6 is 24.0 Å². The number of guanidine groups is 1. The summed E-state index contributed by atoms with van der Waals surface area (Å²) in [6, 6.07) is 7.56. The SMILES string of the molecule is CCCN(CC)CCNC(=NC)N1CCN(c2ccccc2O)CC1.I. The molecule has 0 amide bonds. The average Bonchev–Trinajstić information content (AvgIpc) is 2.65. The monoisotopic (exact) mass is 475 g/mol. The number of rotatable bonds is 7. The van der Waals surface area contributed by atoms with Crippen LogP contribution in [-0.2, 0) is 0 Å². The molecule has 0 unspecified atom stereocenters. The van der Waals surface area contributed by atoms with Crippen LogP contribution in [0.15, 0.2) is 29.3 Å². The second-order valence-corrected chi connectivity index (χ2v) is 6.37. The molecule has 2 N–H and O–H groups in total. The lowest BCUT2D eigenvalue weighted by Crippen LogP contribution is -2.53. The standard InChI is InChI=1S/C19H33N5O.HI/c1-4-11-22(5-2)12-10-21-19(20-3)24-15-13-23(14-16-24)17-8-6-7-9-18(17)25;/h6-9,25H,4-5,10-16H2,1-3H3,(H,20,21);1H. The Hall–Kier alpha value is -1.22. The number of phenols is 1. The summed E-state index contributed by atoms with van der Waals surface area (Å²) in [7, 11) is 1.85. The van der Waals surface area contributed by atoms with E-state index in [4.69, 9.17) is 0 Å². The molecule has 148 valence electrons. The van der Waals surface area contributed by atoms with E-state index in [-0.39, 0.29) is 24.0 Å². The van der Waals surface area contributed by atoms with Gasteiger partial charge in [-0.05, 0) is 31.6 Å². The van der Waals surface area contributed by atoms with Crippen molar-refractivity contribution in [3.8, 4) is 5.75 Å². The summed E-state index contributed by atoms with van der Waals surface area (Å²) in [4.78, 5) is 11.4. The Labute approximate surface area is 175 Å². The van der Waals surface area contributed by atoms with E-state index in [2.05, 4.69) is 38.9 Å². The summed E-state index contributed by atoms with van der Waals surface area (Å²) in [6.07, 6.45) is 1.19. The zero-order chi connectivity index (χ0) is 18.1. The topological polar surface area (TPSA) is 54.3 Å². The smallest absolute Gasteiger partial charge is 0.193 e. The predicted molar refractivity (Wildman–Crippen MR) is 121 cm³/mol. The lowest BCUT2D eigenvalue weighted by molar-refractivity contribution is 0.289. The quantitative estimate of drug-likeness (QED) is 0.361. The van der Waals surface area contributed by atoms with Gasteiger partial charge >= 0.3 is 0 Å². The number of aliphatic imine (C=N–C) groups is 1. The third kappa shape index (κ3) is 6.50. The Bertz CT molecular complexity index is 546. The van der Waals surface area contributed by atoms with Crippen molar-refractivity contribution in [2.45, 2.75) is 20.3 Å². The Morgan fingerprint density at radius 1 is 1.15 bits per heavy atom. The first-order chi connectivity index (χ1) is 12.2. The van der Waals surface area contributed by atoms with Gasteiger partial charge in [-0.2, -0.15) is 0 Å². The first-order valence-corrected chi connectivity index (χ1v) is 9.40. The van der Waals surface area contributed by atoms with Crippen molar-refractivity contribution in [2.75, 3.05) is 64.3 Å². The third-order valence-electron chi connectivity index (χ3n) is 4.71. The normalized spacial score (nSPS) is 15.2. The molecule has 7 heteroatoms. The molecule has 1 saturated heterocycles. The van der Waals surface area contributed by atoms with Crippen molar-refractivity contribution in [3.05, 3.63) is 24.3 Å². The molecule has 0 atom stereocenters. The van der Waals surface area contributed by atoms with E-state index < -0.39 is 0 Å². The van der Waals surface area contributed by atoms with Crippen LogP contribution in [0.3, 0.4) is 0 Å². The second-order valence-electron chi connectivity index (χ2n) is 6.37. The molecule has 0 bridgehead atoms. The number of para-hydroxylation sites is 2. The van der Waals surface area contributed by atoms with Gasteiger partial charge in [-0.3, -0.25) is 4.99 Å². The fourth-order valence-corrected chi connectivity index (χ4v) is 3.29. The Balaban J connectivity index is 0.00000338. The van der Waals surface area contributed by atoms with E-state index >= 15 is 0 Å². The largest absolute Gasteiger partial charge is 0.506 e. The van der Waals surface area contributed by atoms with Gasteiger partial charge in [0, 0.05) is 46.3 Å². The van der Waals surface area contributed by atoms with E-state index in [9.17, 15) is 5.11 Å². The minimum absolute atomic E-state index is 0. The van der Waals surface area contributed by atoms with Gasteiger partial charge in [0.1, 0.15) is 5.75 Å². The number of hydrogen-bond donors (Lipinski definition) is 2. The molecule has 0 saturated carbocycles. The molecule has 26 heavy (non-hydrogen) atoms. The van der Waals surface area contributed by atoms with E-state index in [1.54, 1.807) is 6.07 Å². The highest BCUT2D eigenvalue weighted by atomic mass is 127. The molecular weight excluding hydrogens is 441 g/mol. The molecule has 1 fully saturated rings. The zero-order valence-electron chi connectivity index (χ0n) is 16.3. The number of nitrogens with zero attached hydrogens (tertiary/aromatic N) is 4. The van der Waals surface area contributed by atoms with E-state index in [1.165, 1.54) is 6.42 Å². The summed E-state index contributed by atoms with van der Waals surface area (Å²) in [5.41, 5.74) is 0.920. The van der Waals surface area contributed by atoms with Crippen molar-refractivity contribution >= 4 is 35.6 Å². The molecule has 1 aliphatic rings. The van der Waals surface area contributed by atoms with E-state index in [0.29, 0.717) is 5.75 Å². The molecule has 0 aliphatic carbocycles. The molecular formula is C19H34IN5O. The minimum atomic E-state index is 0. The van der Waals surface area contributed by atoms with Gasteiger partial charge in [-0.1, -0.05) is 26.0 Å². The Morgan fingerprint density at radius 3 is 2.42 bits per heavy atom. The van der Waals surface area contributed by atoms with Crippen LogP contribution in [0.25, 0.3) is 0 Å². The molecule has 0 aromatic heterocycles. The highest BCUT2D eigenvalue weighted by Gasteiger charge is 2.21. The number of anilines is 1. The second kappa shape index (κ2) is 12.2. The van der Waals surface area contributed by atoms with Gasteiger partial charge in [0.05, 0.1) is 5.69 Å². The molecule has 0 spiro atoms. The summed E-state index contributed by atoms with van der Waals surface area (Å²) in [6.45, 7) is 12.2. The number of halogens is 1. The van der Waals surface area contributed by atoms with Gasteiger partial charge in [0.15, 0.2) is 5.96 Å². The van der Waals surface area contributed by atoms with Crippen molar-refractivity contribution in [1.29, 1.82) is 0 Å². The number of piperazine rings is 1. The van der Waals surface area contributed by atoms with Crippen molar-refractivity contribution in [1.82, 2.24) is 15.1 Å². The lowest BCUT2D eigenvalue weighted by atomic mass is 10.2. The van der Waals surface area contributed by atoms with Gasteiger partial charge < -0.3 is 25.1 Å². The average molecular weight is 475 g/mol. The number of hydrogen-bond acceptors (Lipinski definition) is 4. The van der Waals surface area contributed by atoms with Crippen LogP contribution in [0.4, 0.5) is 5.69 Å². The van der Waals surface area contributed by atoms with Gasteiger partial charge in [-0.15, -0.1) is 24.0 Å². The van der Waals surface area contributed by atoms with Crippen molar-refractivity contribution < 1.29 is 5.11 Å². The highest BCUT2D eigenvalue weighted by Crippen LogP contribution is 2.27. The predicted octanol–water partition coefficient (Wildman–Crippen LogP) is 2.44. The summed E-state index contributed by atoms with van der Waals surface area (Å²) >= 11 is 0. The maximum Gasteiger partial charge on any atom is 0.193 e. The lowest BCUT2D eigenvalue weighted by Gasteiger charge is -2.38. The maximum absolute atomic E-state index is 10.0. The number of nitrogens with one attached hydrogen (secondary N) is 1. The number of likely N-dealkylation sites (N-methyl/N-ethyl adjacent to an activating group) is 1. The van der Waals surface area contributed by atoms with Crippen LogP contribution in [0, 0.1) is 0 Å². The number of benzene rings is 1. The fourth-order valence-electron chi connectivity index (χ4n) is 3.29. The third-order valence-corrected chi connectivity index (χ3v) is 4.71. The van der Waals surface area contributed by atoms with Crippen LogP contribution < -0.4 is 10.2 Å². The molecule has 2 rings (SSSR count). The summed E-state index contributed by atoms with van der Waals surface area (Å²) < 4.78 is 0. The van der Waals surface area contributed by atoms with Crippen molar-refractivity contribution in [2.24, 2.45) is 4.99 Å². The summed E-state index contributed by atoms with van der Waals surface area (Å²) in [5, 5.41) is 13.5. The first kappa shape index (κ1) is 22.8. The molecule has 0 radical (unpaired) electrons. The molecule has 1 aromatic rings. The van der Waals surface area contributed by atoms with Crippen molar-refractivity contribution in [3.63, 3.8) is 0 Å². The maximum atomic E-state index is 10.0. The number of phenolic OH excluding ortho intramolecular Hbond substituents is 1. The van der Waals surface area contributed by atoms with E-state index in [1.807, 2.05) is 25.2 Å². The van der Waals surface area contributed by atoms with Crippen LogP contribution in [-0.4, -0.2) is 80.3 Å². The minimum Gasteiger partial charge on any atom is -0.506 e. The molecule has 1 heterocycles. The van der Waals surface area contributed by atoms with Crippen LogP contribution in [0.5, 0.6) is 5.75 Å². The van der Waals surface area contributed by atoms with Crippen LogP contribution in [0.1, 0.15) is 20.3 Å². The van der Waals surface area contributed by atoms with E-state index in [0.717, 1.165) is 64.0 Å². The van der Waals surface area contributed by atoms with Gasteiger partial charge in [0.25, 0.3) is 0 Å². The fraction of sp³-hybridized carbons (Fsp3) is 0.632. The molecule has 1 aromatic carbocycles. The number of aromatic hydroxyl groups is 1. The van der Waals surface area contributed by atoms with Gasteiger partial charge in [-0.25, -0.2) is 0 Å². The Kier molecular flexibility index (Phi) is 10.7. The zero-order valence-corrected chi connectivity index (χ0v) is 18.6. The van der Waals surface area contributed by atoms with Crippen LogP contribution in [0.2, 0.25) is 0 Å². The van der Waals surface area contributed by atoms with Gasteiger partial charge in [0.2, 0.25) is 0 Å². The highest BCUT2D eigenvalue weighted by molar-refractivity contribution is 14.0. The molecule has 1 aliphatic heterocycles. The summed E-state index contributed by atoms with van der Waals surface area (Å²) in [5.74, 6) is 1.33. The Morgan fingerprint density at radius 2 is 1.85 bits per heavy atom. The first-order valence-electron chi connectivity index (χ1n) is 9.40. The molecule has 6 nitrogen and oxygen atoms in total.